The maximum absolute atomic E-state index is 8.58. The highest BCUT2D eigenvalue weighted by Gasteiger charge is 1.98. The highest BCUT2D eigenvalue weighted by Crippen LogP contribution is 2.10. The second kappa shape index (κ2) is 2.50. The lowest BCUT2D eigenvalue weighted by Gasteiger charge is -1.90. The largest absolute Gasteiger partial charge is 0.305 e. The first-order chi connectivity index (χ1) is 5.79. The van der Waals surface area contributed by atoms with Crippen molar-refractivity contribution in [3.8, 4) is 6.07 Å². The Labute approximate surface area is 73.8 Å². The Morgan fingerprint density at radius 2 is 2.42 bits per heavy atom. The molecular formula is C8H4ClN3. The SMILES string of the molecule is N#Cc1ccn2cc(Cl)nc2c1. The van der Waals surface area contributed by atoms with E-state index in [0.29, 0.717) is 16.4 Å². The van der Waals surface area contributed by atoms with Crippen LogP contribution in [0.15, 0.2) is 24.5 Å². The molecule has 0 saturated heterocycles. The molecule has 0 unspecified atom stereocenters. The van der Waals surface area contributed by atoms with Gasteiger partial charge in [0.2, 0.25) is 0 Å². The Morgan fingerprint density at radius 1 is 1.58 bits per heavy atom. The van der Waals surface area contributed by atoms with Gasteiger partial charge in [0.1, 0.15) is 10.8 Å². The molecule has 2 rings (SSSR count). The van der Waals surface area contributed by atoms with Gasteiger partial charge in [0.15, 0.2) is 0 Å². The lowest BCUT2D eigenvalue weighted by molar-refractivity contribution is 1.18. The van der Waals surface area contributed by atoms with Crippen LogP contribution in [-0.4, -0.2) is 9.38 Å². The van der Waals surface area contributed by atoms with Crippen molar-refractivity contribution < 1.29 is 0 Å². The first-order valence-corrected chi connectivity index (χ1v) is 3.72. The summed E-state index contributed by atoms with van der Waals surface area (Å²) in [4.78, 5) is 4.00. The second-order valence-corrected chi connectivity index (χ2v) is 2.74. The van der Waals surface area contributed by atoms with Gasteiger partial charge >= 0.3 is 0 Å². The van der Waals surface area contributed by atoms with Crippen LogP contribution in [0.2, 0.25) is 5.15 Å². The van der Waals surface area contributed by atoms with Crippen LogP contribution < -0.4 is 0 Å². The molecule has 58 valence electrons. The van der Waals surface area contributed by atoms with Crippen LogP contribution >= 0.6 is 11.6 Å². The lowest BCUT2D eigenvalue weighted by Crippen LogP contribution is -1.82. The Hall–Kier alpha value is -1.53. The quantitative estimate of drug-likeness (QED) is 0.616. The van der Waals surface area contributed by atoms with Gasteiger partial charge in [0.05, 0.1) is 11.6 Å². The number of nitriles is 1. The molecule has 0 atom stereocenters. The zero-order chi connectivity index (χ0) is 8.55. The van der Waals surface area contributed by atoms with Crippen LogP contribution in [-0.2, 0) is 0 Å². The number of pyridine rings is 1. The molecule has 12 heavy (non-hydrogen) atoms. The molecule has 0 aliphatic carbocycles. The standard InChI is InChI=1S/C8H4ClN3/c9-7-5-12-2-1-6(4-10)3-8(12)11-7/h1-3,5H. The minimum absolute atomic E-state index is 0.435. The van der Waals surface area contributed by atoms with Crippen molar-refractivity contribution in [1.82, 2.24) is 9.38 Å². The molecule has 0 bridgehead atoms. The number of hydrogen-bond acceptors (Lipinski definition) is 2. The Bertz CT molecular complexity index is 467. The fourth-order valence-electron chi connectivity index (χ4n) is 1.02. The number of fused-ring (bicyclic) bond motifs is 1. The number of hydrogen-bond donors (Lipinski definition) is 0. The third-order valence-electron chi connectivity index (χ3n) is 1.56. The lowest BCUT2D eigenvalue weighted by atomic mass is 10.3. The molecular weight excluding hydrogens is 174 g/mol. The van der Waals surface area contributed by atoms with Gasteiger partial charge < -0.3 is 4.40 Å². The summed E-state index contributed by atoms with van der Waals surface area (Å²) in [5, 5.41) is 9.02. The molecule has 0 aromatic carbocycles. The molecule has 3 nitrogen and oxygen atoms in total. The summed E-state index contributed by atoms with van der Waals surface area (Å²) in [5.41, 5.74) is 1.28. The van der Waals surface area contributed by atoms with Gasteiger partial charge in [-0.3, -0.25) is 0 Å². The van der Waals surface area contributed by atoms with Crippen LogP contribution in [0.3, 0.4) is 0 Å². The van der Waals surface area contributed by atoms with Gasteiger partial charge in [-0.15, -0.1) is 0 Å². The molecule has 0 fully saturated rings. The first-order valence-electron chi connectivity index (χ1n) is 3.34. The van der Waals surface area contributed by atoms with Crippen molar-refractivity contribution >= 4 is 17.2 Å². The van der Waals surface area contributed by atoms with Gasteiger partial charge in [-0.1, -0.05) is 11.6 Å². The molecule has 0 spiro atoms. The third-order valence-corrected chi connectivity index (χ3v) is 1.74. The fraction of sp³-hybridized carbons (Fsp3) is 0. The van der Waals surface area contributed by atoms with Gasteiger partial charge in [0, 0.05) is 12.4 Å². The van der Waals surface area contributed by atoms with Gasteiger partial charge in [-0.2, -0.15) is 5.26 Å². The normalized spacial score (nSPS) is 10.0. The zero-order valence-corrected chi connectivity index (χ0v) is 6.78. The van der Waals surface area contributed by atoms with Crippen LogP contribution in [0.1, 0.15) is 5.56 Å². The predicted molar refractivity (Wildman–Crippen MR) is 44.9 cm³/mol. The van der Waals surface area contributed by atoms with E-state index < -0.39 is 0 Å². The molecule has 0 aliphatic rings. The second-order valence-electron chi connectivity index (χ2n) is 2.36. The molecule has 0 saturated carbocycles. The number of halogens is 1. The van der Waals surface area contributed by atoms with Crippen molar-refractivity contribution in [1.29, 1.82) is 5.26 Å². The third kappa shape index (κ3) is 1.03. The average molecular weight is 178 g/mol. The molecule has 0 N–H and O–H groups in total. The van der Waals surface area contributed by atoms with Crippen molar-refractivity contribution in [2.24, 2.45) is 0 Å². The number of aromatic nitrogens is 2. The zero-order valence-electron chi connectivity index (χ0n) is 6.03. The summed E-state index contributed by atoms with van der Waals surface area (Å²) in [6, 6.07) is 5.43. The first kappa shape index (κ1) is 7.14. The number of imidazole rings is 1. The molecule has 4 heteroatoms. The average Bonchev–Trinajstić information content (AvgIpc) is 2.43. The van der Waals surface area contributed by atoms with Gasteiger partial charge in [-0.05, 0) is 12.1 Å². The van der Waals surface area contributed by atoms with Crippen molar-refractivity contribution in [3.63, 3.8) is 0 Å². The van der Waals surface area contributed by atoms with E-state index in [0.717, 1.165) is 0 Å². The molecule has 2 aromatic rings. The maximum Gasteiger partial charge on any atom is 0.148 e. The van der Waals surface area contributed by atoms with E-state index in [-0.39, 0.29) is 0 Å². The maximum atomic E-state index is 8.58. The van der Waals surface area contributed by atoms with E-state index in [2.05, 4.69) is 4.98 Å². The van der Waals surface area contributed by atoms with E-state index in [9.17, 15) is 0 Å². The van der Waals surface area contributed by atoms with Crippen LogP contribution in [0.25, 0.3) is 5.65 Å². The summed E-state index contributed by atoms with van der Waals surface area (Å²) >= 11 is 5.66. The smallest absolute Gasteiger partial charge is 0.148 e. The summed E-state index contributed by atoms with van der Waals surface area (Å²) in [6.07, 6.45) is 3.45. The van der Waals surface area contributed by atoms with Crippen LogP contribution in [0, 0.1) is 11.3 Å². The monoisotopic (exact) mass is 177 g/mol. The predicted octanol–water partition coefficient (Wildman–Crippen LogP) is 1.86. The topological polar surface area (TPSA) is 41.1 Å². The minimum Gasteiger partial charge on any atom is -0.305 e. The van der Waals surface area contributed by atoms with E-state index in [4.69, 9.17) is 16.9 Å². The summed E-state index contributed by atoms with van der Waals surface area (Å²) in [6.45, 7) is 0. The number of rotatable bonds is 0. The molecule has 0 amide bonds. The summed E-state index contributed by atoms with van der Waals surface area (Å²) in [5.74, 6) is 0. The van der Waals surface area contributed by atoms with E-state index in [1.54, 1.807) is 28.9 Å². The Balaban J connectivity index is 2.77. The highest BCUT2D eigenvalue weighted by atomic mass is 35.5. The highest BCUT2D eigenvalue weighted by molar-refractivity contribution is 6.29. The van der Waals surface area contributed by atoms with Gasteiger partial charge in [-0.25, -0.2) is 4.98 Å². The van der Waals surface area contributed by atoms with E-state index in [1.165, 1.54) is 0 Å². The summed E-state index contributed by atoms with van der Waals surface area (Å²) in [7, 11) is 0. The Kier molecular flexibility index (Phi) is 1.49. The molecule has 2 heterocycles. The molecule has 0 aliphatic heterocycles. The number of nitrogens with zero attached hydrogens (tertiary/aromatic N) is 3. The minimum atomic E-state index is 0.435. The molecule has 0 radical (unpaired) electrons. The van der Waals surface area contributed by atoms with E-state index >= 15 is 0 Å². The van der Waals surface area contributed by atoms with Crippen molar-refractivity contribution in [2.75, 3.05) is 0 Å². The van der Waals surface area contributed by atoms with Crippen molar-refractivity contribution in [2.45, 2.75) is 0 Å². The van der Waals surface area contributed by atoms with Gasteiger partial charge in [0.25, 0.3) is 0 Å². The van der Waals surface area contributed by atoms with Crippen molar-refractivity contribution in [3.05, 3.63) is 35.2 Å². The van der Waals surface area contributed by atoms with Crippen LogP contribution in [0.4, 0.5) is 0 Å². The van der Waals surface area contributed by atoms with E-state index in [1.807, 2.05) is 6.07 Å². The fourth-order valence-corrected chi connectivity index (χ4v) is 1.21. The Morgan fingerprint density at radius 3 is 3.17 bits per heavy atom. The summed E-state index contributed by atoms with van der Waals surface area (Å²) < 4.78 is 1.77. The molecule has 2 aromatic heterocycles. The van der Waals surface area contributed by atoms with Crippen LogP contribution in [0.5, 0.6) is 0 Å².